The van der Waals surface area contributed by atoms with Gasteiger partial charge in [-0.05, 0) is 43.1 Å². The van der Waals surface area contributed by atoms with Crippen LogP contribution in [0.3, 0.4) is 0 Å². The Morgan fingerprint density at radius 3 is 2.69 bits per heavy atom. The zero-order valence-corrected chi connectivity index (χ0v) is 16.2. The summed E-state index contributed by atoms with van der Waals surface area (Å²) < 4.78 is 30.8. The zero-order chi connectivity index (χ0) is 19.2. The summed E-state index contributed by atoms with van der Waals surface area (Å²) >= 11 is 7.45. The number of esters is 1. The monoisotopic (exact) mass is 416 g/mol. The molecular formula is C16H17ClN2O5S2. The number of amides is 1. The number of hydrogen-bond acceptors (Lipinski definition) is 6. The van der Waals surface area contributed by atoms with Crippen LogP contribution < -0.4 is 10.0 Å². The van der Waals surface area contributed by atoms with E-state index >= 15 is 0 Å². The Bertz CT molecular complexity index is 882. The van der Waals surface area contributed by atoms with Crippen LogP contribution in [-0.2, 0) is 26.0 Å². The molecule has 7 nitrogen and oxygen atoms in total. The highest BCUT2D eigenvalue weighted by atomic mass is 35.5. The van der Waals surface area contributed by atoms with Crippen molar-refractivity contribution < 1.29 is 22.7 Å². The lowest BCUT2D eigenvalue weighted by molar-refractivity contribution is -0.124. The lowest BCUT2D eigenvalue weighted by Crippen LogP contribution is -2.30. The molecular weight excluding hydrogens is 400 g/mol. The van der Waals surface area contributed by atoms with Crippen LogP contribution in [0, 0.1) is 0 Å². The number of benzene rings is 1. The second kappa shape index (κ2) is 9.13. The van der Waals surface area contributed by atoms with E-state index in [1.165, 1.54) is 19.2 Å². The lowest BCUT2D eigenvalue weighted by Gasteiger charge is -2.09. The van der Waals surface area contributed by atoms with Crippen molar-refractivity contribution in [2.75, 3.05) is 20.2 Å². The third kappa shape index (κ3) is 5.53. The third-order valence-corrected chi connectivity index (χ3v) is 6.17. The fourth-order valence-electron chi connectivity index (χ4n) is 1.99. The Morgan fingerprint density at radius 1 is 1.27 bits per heavy atom. The van der Waals surface area contributed by atoms with Crippen molar-refractivity contribution in [1.29, 1.82) is 0 Å². The Hall–Kier alpha value is -1.94. The van der Waals surface area contributed by atoms with Crippen molar-refractivity contribution in [3.05, 3.63) is 51.2 Å². The molecule has 2 N–H and O–H groups in total. The minimum atomic E-state index is -3.82. The molecule has 0 atom stereocenters. The average Bonchev–Trinajstić information content (AvgIpc) is 3.13. The van der Waals surface area contributed by atoms with Crippen LogP contribution in [-0.4, -0.2) is 40.5 Å². The molecule has 2 rings (SSSR count). The molecule has 0 bridgehead atoms. The van der Waals surface area contributed by atoms with Crippen LogP contribution in [0.15, 0.2) is 40.6 Å². The van der Waals surface area contributed by atoms with Gasteiger partial charge in [-0.25, -0.2) is 17.9 Å². The Balaban J connectivity index is 1.89. The first-order valence-electron chi connectivity index (χ1n) is 7.53. The number of thiophene rings is 1. The van der Waals surface area contributed by atoms with Gasteiger partial charge in [0, 0.05) is 11.4 Å². The van der Waals surface area contributed by atoms with Crippen molar-refractivity contribution in [1.82, 2.24) is 10.0 Å². The highest BCUT2D eigenvalue weighted by Crippen LogP contribution is 2.22. The maximum atomic E-state index is 12.0. The van der Waals surface area contributed by atoms with E-state index < -0.39 is 28.5 Å². The predicted molar refractivity (Wildman–Crippen MR) is 99.0 cm³/mol. The van der Waals surface area contributed by atoms with E-state index in [4.69, 9.17) is 16.3 Å². The molecule has 1 amide bonds. The van der Waals surface area contributed by atoms with Gasteiger partial charge in [-0.2, -0.15) is 0 Å². The normalized spacial score (nSPS) is 11.2. The first-order chi connectivity index (χ1) is 12.3. The molecule has 0 fully saturated rings. The molecule has 0 unspecified atom stereocenters. The van der Waals surface area contributed by atoms with Crippen molar-refractivity contribution in [2.24, 2.45) is 0 Å². The highest BCUT2D eigenvalue weighted by Gasteiger charge is 2.19. The van der Waals surface area contributed by atoms with Crippen molar-refractivity contribution in [3.63, 3.8) is 0 Å². The Morgan fingerprint density at radius 2 is 2.04 bits per heavy atom. The second-order valence-electron chi connectivity index (χ2n) is 5.11. The van der Waals surface area contributed by atoms with Crippen LogP contribution >= 0.6 is 22.9 Å². The van der Waals surface area contributed by atoms with Crippen molar-refractivity contribution in [3.8, 4) is 0 Å². The number of carbonyl (C=O) groups excluding carboxylic acids is 2. The molecule has 1 heterocycles. The fraction of sp³-hybridized carbons (Fsp3) is 0.250. The minimum Gasteiger partial charge on any atom is -0.452 e. The quantitative estimate of drug-likeness (QED) is 0.639. The molecule has 140 valence electrons. The summed E-state index contributed by atoms with van der Waals surface area (Å²) in [6, 6.07) is 7.61. The largest absolute Gasteiger partial charge is 0.452 e. The fourth-order valence-corrected chi connectivity index (χ4v) is 3.95. The number of nitrogens with one attached hydrogen (secondary N) is 2. The van der Waals surface area contributed by atoms with E-state index in [-0.39, 0.29) is 15.5 Å². The van der Waals surface area contributed by atoms with Gasteiger partial charge in [0.2, 0.25) is 10.0 Å². The van der Waals surface area contributed by atoms with Gasteiger partial charge >= 0.3 is 5.97 Å². The topological polar surface area (TPSA) is 102 Å². The molecule has 0 aliphatic heterocycles. The van der Waals surface area contributed by atoms with E-state index in [1.807, 2.05) is 17.5 Å². The van der Waals surface area contributed by atoms with Gasteiger partial charge in [-0.1, -0.05) is 17.7 Å². The summed E-state index contributed by atoms with van der Waals surface area (Å²) in [5.41, 5.74) is -0.0189. The van der Waals surface area contributed by atoms with Gasteiger partial charge < -0.3 is 10.1 Å². The molecule has 0 saturated heterocycles. The van der Waals surface area contributed by atoms with Crippen LogP contribution in [0.1, 0.15) is 15.2 Å². The highest BCUT2D eigenvalue weighted by molar-refractivity contribution is 7.89. The maximum Gasteiger partial charge on any atom is 0.338 e. The standard InChI is InChI=1S/C16H17ClN2O5S2/c1-18-26(22,23)14-9-11(4-5-13(14)17)16(21)24-10-15(20)19-7-6-12-3-2-8-25-12/h2-5,8-9,18H,6-7,10H2,1H3,(H,19,20). The molecule has 0 aliphatic carbocycles. The van der Waals surface area contributed by atoms with Gasteiger partial charge in [-0.15, -0.1) is 11.3 Å². The summed E-state index contributed by atoms with van der Waals surface area (Å²) in [6.45, 7) is -0.0254. The first kappa shape index (κ1) is 20.4. The summed E-state index contributed by atoms with van der Waals surface area (Å²) in [7, 11) is -2.58. The van der Waals surface area contributed by atoms with E-state index in [1.54, 1.807) is 11.3 Å². The van der Waals surface area contributed by atoms with E-state index in [0.717, 1.165) is 10.9 Å². The molecule has 10 heteroatoms. The third-order valence-electron chi connectivity index (χ3n) is 3.33. The van der Waals surface area contributed by atoms with Crippen LogP contribution in [0.5, 0.6) is 0 Å². The van der Waals surface area contributed by atoms with Crippen molar-refractivity contribution in [2.45, 2.75) is 11.3 Å². The number of hydrogen-bond donors (Lipinski definition) is 2. The van der Waals surface area contributed by atoms with Gasteiger partial charge in [0.1, 0.15) is 4.90 Å². The first-order valence-corrected chi connectivity index (χ1v) is 10.3. The Labute approximate surface area is 160 Å². The SMILES string of the molecule is CNS(=O)(=O)c1cc(C(=O)OCC(=O)NCCc2cccs2)ccc1Cl. The summed E-state index contributed by atoms with van der Waals surface area (Å²) in [5.74, 6) is -1.26. The second-order valence-corrected chi connectivity index (χ2v) is 8.40. The molecule has 2 aromatic rings. The average molecular weight is 417 g/mol. The number of ether oxygens (including phenoxy) is 1. The zero-order valence-electron chi connectivity index (χ0n) is 13.8. The molecule has 0 aliphatic rings. The Kier molecular flexibility index (Phi) is 7.15. The molecule has 1 aromatic carbocycles. The van der Waals surface area contributed by atoms with Crippen LogP contribution in [0.25, 0.3) is 0 Å². The molecule has 0 spiro atoms. The molecule has 0 saturated carbocycles. The van der Waals surface area contributed by atoms with E-state index in [2.05, 4.69) is 10.0 Å². The lowest BCUT2D eigenvalue weighted by atomic mass is 10.2. The van der Waals surface area contributed by atoms with Gasteiger partial charge in [-0.3, -0.25) is 4.79 Å². The molecule has 0 radical (unpaired) electrons. The summed E-state index contributed by atoms with van der Waals surface area (Å²) in [4.78, 5) is 24.7. The number of carbonyl (C=O) groups is 2. The van der Waals surface area contributed by atoms with Gasteiger partial charge in [0.25, 0.3) is 5.91 Å². The molecule has 1 aromatic heterocycles. The predicted octanol–water partition coefficient (Wildman–Crippen LogP) is 1.83. The van der Waals surface area contributed by atoms with E-state index in [0.29, 0.717) is 13.0 Å². The smallest absolute Gasteiger partial charge is 0.338 e. The number of halogens is 1. The maximum absolute atomic E-state index is 12.0. The number of sulfonamides is 1. The van der Waals surface area contributed by atoms with Crippen molar-refractivity contribution >= 4 is 44.8 Å². The van der Waals surface area contributed by atoms with Crippen LogP contribution in [0.2, 0.25) is 5.02 Å². The van der Waals surface area contributed by atoms with E-state index in [9.17, 15) is 18.0 Å². The molecule has 26 heavy (non-hydrogen) atoms. The van der Waals surface area contributed by atoms with Crippen LogP contribution in [0.4, 0.5) is 0 Å². The van der Waals surface area contributed by atoms with Gasteiger partial charge in [0.05, 0.1) is 10.6 Å². The summed E-state index contributed by atoms with van der Waals surface area (Å²) in [6.07, 6.45) is 0.694. The summed E-state index contributed by atoms with van der Waals surface area (Å²) in [5, 5.41) is 4.57. The minimum absolute atomic E-state index is 0.0189. The number of rotatable bonds is 8. The van der Waals surface area contributed by atoms with Gasteiger partial charge in [0.15, 0.2) is 6.61 Å².